The van der Waals surface area contributed by atoms with Crippen LogP contribution >= 0.6 is 14.3 Å². The van der Waals surface area contributed by atoms with E-state index in [0.29, 0.717) is 47.1 Å². The number of ether oxygens (including phenoxy) is 2. The van der Waals surface area contributed by atoms with Crippen molar-refractivity contribution in [3.8, 4) is 0 Å². The van der Waals surface area contributed by atoms with E-state index in [1.54, 1.807) is 15.5 Å². The van der Waals surface area contributed by atoms with Crippen LogP contribution in [0.25, 0.3) is 22.3 Å². The first-order valence-electron chi connectivity index (χ1n) is 18.1. The molecule has 2 aromatic carbocycles. The molecule has 22 heteroatoms. The van der Waals surface area contributed by atoms with Gasteiger partial charge in [-0.3, -0.25) is 18.2 Å². The molecule has 4 aromatic heterocycles. The Balaban J connectivity index is 0.943. The van der Waals surface area contributed by atoms with Crippen LogP contribution in [0.15, 0.2) is 86.0 Å². The smallest absolute Gasteiger partial charge is 0.328 e. The minimum absolute atomic E-state index is 0.192. The standard InChI is InChI=1S/C35H38N10O9P2S/c1-55(47)49-16-25-29(46)30(35(52-25)45-20-43-28-32(39-18-41-34(28)45)37-14-22-10-6-3-7-11-22)54-56(48,57)50-15-24-23(53-55)12-26(51-24)44-19-42-27-31(38-17-40-33(27)44)36-13-21-8-4-2-5-9-21/h2-11,17-20,23-26,29-30,35,46H,12-16H2,1H3,(H,48,57)(H,36,38,40)(H,37,39,41)/t23-,24+,25+,26+,29+,30+,35+,55?,56?/m0/s1. The van der Waals surface area contributed by atoms with Gasteiger partial charge >= 0.3 is 14.3 Å². The average molecular weight is 837 g/mol. The fraction of sp³-hybridized carbons (Fsp3) is 0.371. The normalized spacial score (nSPS) is 30.7. The van der Waals surface area contributed by atoms with E-state index in [9.17, 15) is 14.6 Å². The van der Waals surface area contributed by atoms with Crippen molar-refractivity contribution in [2.45, 2.75) is 62.5 Å². The molecule has 0 amide bonds. The molecule has 6 aromatic rings. The van der Waals surface area contributed by atoms with Crippen LogP contribution < -0.4 is 10.6 Å². The molecule has 9 atom stereocenters. The van der Waals surface area contributed by atoms with Gasteiger partial charge in [0.1, 0.15) is 43.3 Å². The maximum atomic E-state index is 13.9. The van der Waals surface area contributed by atoms with Gasteiger partial charge in [0.05, 0.1) is 32.0 Å². The summed E-state index contributed by atoms with van der Waals surface area (Å²) in [4.78, 5) is 38.2. The fourth-order valence-electron chi connectivity index (χ4n) is 7.09. The van der Waals surface area contributed by atoms with Crippen LogP contribution in [0.4, 0.5) is 11.6 Å². The van der Waals surface area contributed by atoms with E-state index in [0.717, 1.165) is 11.1 Å². The molecule has 3 aliphatic rings. The quantitative estimate of drug-likeness (QED) is 0.157. The number of hydrogen-bond acceptors (Lipinski definition) is 17. The fourth-order valence-corrected chi connectivity index (χ4v) is 9.69. The maximum absolute atomic E-state index is 13.9. The van der Waals surface area contributed by atoms with Crippen molar-refractivity contribution in [2.24, 2.45) is 0 Å². The van der Waals surface area contributed by atoms with Crippen LogP contribution in [-0.4, -0.2) is 99.4 Å². The number of hydrogen-bond donors (Lipinski definition) is 4. The molecule has 298 valence electrons. The van der Waals surface area contributed by atoms with Gasteiger partial charge in [-0.1, -0.05) is 60.7 Å². The van der Waals surface area contributed by atoms with Crippen LogP contribution in [-0.2, 0) is 57.0 Å². The number of aliphatic hydroxyl groups excluding tert-OH is 1. The van der Waals surface area contributed by atoms with Crippen LogP contribution in [0.1, 0.15) is 30.0 Å². The Morgan fingerprint density at radius 2 is 1.33 bits per heavy atom. The zero-order valence-electron chi connectivity index (χ0n) is 30.3. The molecule has 2 bridgehead atoms. The zero-order chi connectivity index (χ0) is 39.1. The minimum atomic E-state index is -4.11. The van der Waals surface area contributed by atoms with Crippen molar-refractivity contribution in [2.75, 3.05) is 30.5 Å². The topological polar surface area (TPSA) is 224 Å². The highest BCUT2D eigenvalue weighted by Crippen LogP contribution is 2.54. The Hall–Kier alpha value is -4.30. The van der Waals surface area contributed by atoms with Crippen molar-refractivity contribution >= 4 is 60.1 Å². The first-order valence-corrected chi connectivity index (χ1v) is 22.6. The van der Waals surface area contributed by atoms with Crippen LogP contribution in [0.2, 0.25) is 0 Å². The molecule has 0 aliphatic carbocycles. The van der Waals surface area contributed by atoms with Gasteiger partial charge in [-0.2, -0.15) is 0 Å². The Morgan fingerprint density at radius 3 is 1.96 bits per heavy atom. The first-order chi connectivity index (χ1) is 27.6. The van der Waals surface area contributed by atoms with E-state index in [4.69, 9.17) is 39.4 Å². The highest BCUT2D eigenvalue weighted by molar-refractivity contribution is 8.07. The third kappa shape index (κ3) is 8.08. The number of imidazole rings is 2. The van der Waals surface area contributed by atoms with Crippen LogP contribution in [0.3, 0.4) is 0 Å². The van der Waals surface area contributed by atoms with Crippen molar-refractivity contribution in [1.29, 1.82) is 0 Å². The van der Waals surface area contributed by atoms with Gasteiger partial charge in [-0.25, -0.2) is 29.9 Å². The summed E-state index contributed by atoms with van der Waals surface area (Å²) in [5.41, 5.74) is 3.92. The number of fused-ring (bicyclic) bond motifs is 5. The second-order valence-electron chi connectivity index (χ2n) is 13.7. The number of anilines is 2. The number of aromatic nitrogens is 8. The Bertz CT molecular complexity index is 2470. The second-order valence-corrected chi connectivity index (χ2v) is 18.5. The lowest BCUT2D eigenvalue weighted by molar-refractivity contribution is -0.0593. The Morgan fingerprint density at radius 1 is 0.754 bits per heavy atom. The monoisotopic (exact) mass is 836 g/mol. The minimum Gasteiger partial charge on any atom is -0.387 e. The van der Waals surface area contributed by atoms with Crippen molar-refractivity contribution in [3.05, 3.63) is 97.1 Å². The van der Waals surface area contributed by atoms with Gasteiger partial charge in [-0.05, 0) is 22.9 Å². The van der Waals surface area contributed by atoms with Gasteiger partial charge in [0.25, 0.3) is 0 Å². The molecule has 2 unspecified atom stereocenters. The summed E-state index contributed by atoms with van der Waals surface area (Å²) in [5.74, 6) is 1.02. The summed E-state index contributed by atoms with van der Waals surface area (Å²) in [6, 6.07) is 19.7. The number of nitrogens with zero attached hydrogens (tertiary/aromatic N) is 8. The van der Waals surface area contributed by atoms with E-state index >= 15 is 0 Å². The predicted molar refractivity (Wildman–Crippen MR) is 208 cm³/mol. The molecule has 7 heterocycles. The van der Waals surface area contributed by atoms with E-state index in [1.165, 1.54) is 25.6 Å². The van der Waals surface area contributed by atoms with Gasteiger partial charge in [0.2, 0.25) is 0 Å². The highest BCUT2D eigenvalue weighted by atomic mass is 32.5. The SMILES string of the molecule is CP1(=O)OC[C@H]2O[C@@H](n3cnc4c(NCc5ccccc5)ncnc43)[C@H](OP(O)(=S)OC[C@H]3O[C@@H](n4cnc5c(NCc6ccccc6)ncnc54)C[C@@H]3O1)[C@@H]2O. The highest BCUT2D eigenvalue weighted by Gasteiger charge is 2.50. The summed E-state index contributed by atoms with van der Waals surface area (Å²) < 4.78 is 53.6. The molecule has 3 aliphatic heterocycles. The lowest BCUT2D eigenvalue weighted by atomic mass is 10.1. The molecule has 19 nitrogen and oxygen atoms in total. The zero-order valence-corrected chi connectivity index (χ0v) is 32.9. The first kappa shape index (κ1) is 38.2. The summed E-state index contributed by atoms with van der Waals surface area (Å²) in [7, 11) is -3.83. The Kier molecular flexibility index (Phi) is 10.6. The lowest BCUT2D eigenvalue weighted by Crippen LogP contribution is -2.35. The van der Waals surface area contributed by atoms with Gasteiger partial charge in [0.15, 0.2) is 40.2 Å². The molecule has 0 radical (unpaired) electrons. The molecular formula is C35H38N10O9P2S. The largest absolute Gasteiger partial charge is 0.387 e. The average Bonchev–Trinajstić information content (AvgIpc) is 4.00. The molecule has 0 saturated carbocycles. The summed E-state index contributed by atoms with van der Waals surface area (Å²) >= 11 is 5.48. The number of benzene rings is 2. The van der Waals surface area contributed by atoms with Crippen molar-refractivity contribution < 1.29 is 42.1 Å². The van der Waals surface area contributed by atoms with Crippen molar-refractivity contribution in [3.63, 3.8) is 0 Å². The van der Waals surface area contributed by atoms with Gasteiger partial charge in [-0.15, -0.1) is 0 Å². The van der Waals surface area contributed by atoms with Crippen LogP contribution in [0.5, 0.6) is 0 Å². The number of rotatable bonds is 8. The summed E-state index contributed by atoms with van der Waals surface area (Å²) in [6.45, 7) is -2.42. The van der Waals surface area contributed by atoms with E-state index < -0.39 is 57.3 Å². The second kappa shape index (κ2) is 15.8. The lowest BCUT2D eigenvalue weighted by Gasteiger charge is -2.27. The van der Waals surface area contributed by atoms with E-state index in [1.807, 2.05) is 60.7 Å². The molecular weight excluding hydrogens is 798 g/mol. The van der Waals surface area contributed by atoms with Gasteiger partial charge in [0, 0.05) is 26.2 Å². The summed E-state index contributed by atoms with van der Waals surface area (Å²) in [5, 5.41) is 18.1. The predicted octanol–water partition coefficient (Wildman–Crippen LogP) is 4.29. The molecule has 0 spiro atoms. The molecule has 3 saturated heterocycles. The molecule has 3 fully saturated rings. The third-order valence-electron chi connectivity index (χ3n) is 9.86. The molecule has 9 rings (SSSR count). The van der Waals surface area contributed by atoms with Crippen LogP contribution in [0, 0.1) is 0 Å². The van der Waals surface area contributed by atoms with Crippen molar-refractivity contribution in [1.82, 2.24) is 39.0 Å². The number of aliphatic hydroxyl groups is 1. The third-order valence-corrected chi connectivity index (χ3v) is 12.7. The van der Waals surface area contributed by atoms with E-state index in [2.05, 4.69) is 40.5 Å². The summed E-state index contributed by atoms with van der Waals surface area (Å²) in [6.07, 6.45) is -1.26. The maximum Gasteiger partial charge on any atom is 0.328 e. The van der Waals surface area contributed by atoms with E-state index in [-0.39, 0.29) is 19.6 Å². The number of nitrogens with one attached hydrogen (secondary N) is 2. The Labute approximate surface area is 330 Å². The molecule has 57 heavy (non-hydrogen) atoms. The van der Waals surface area contributed by atoms with Gasteiger partial charge < -0.3 is 43.7 Å². The molecule has 4 N–H and O–H groups in total.